The molecule has 0 atom stereocenters. The topological polar surface area (TPSA) is 47.1 Å². The van der Waals surface area contributed by atoms with Gasteiger partial charge < -0.3 is 5.73 Å². The lowest BCUT2D eigenvalue weighted by Gasteiger charge is -2.19. The molecule has 0 aliphatic rings. The van der Waals surface area contributed by atoms with Crippen molar-refractivity contribution in [2.45, 2.75) is 20.4 Å². The fraction of sp³-hybridized carbons (Fsp3) is 0.400. The SMILES string of the molecule is CCN(CC)Cc1ccccc1-c1cc(N)n(C)n1. The predicted molar refractivity (Wildman–Crippen MR) is 79.7 cm³/mol. The van der Waals surface area contributed by atoms with Gasteiger partial charge in [0.05, 0.1) is 5.69 Å². The van der Waals surface area contributed by atoms with Crippen molar-refractivity contribution in [3.63, 3.8) is 0 Å². The molecular weight excluding hydrogens is 236 g/mol. The number of benzene rings is 1. The van der Waals surface area contributed by atoms with E-state index in [0.29, 0.717) is 5.82 Å². The van der Waals surface area contributed by atoms with Crippen molar-refractivity contribution in [1.29, 1.82) is 0 Å². The fourth-order valence-electron chi connectivity index (χ4n) is 2.21. The molecule has 0 amide bonds. The second-order valence-electron chi connectivity index (χ2n) is 4.70. The third-order valence-corrected chi connectivity index (χ3v) is 3.50. The summed E-state index contributed by atoms with van der Waals surface area (Å²) in [6.07, 6.45) is 0. The van der Waals surface area contributed by atoms with E-state index in [1.807, 2.05) is 19.2 Å². The van der Waals surface area contributed by atoms with E-state index in [1.165, 1.54) is 11.1 Å². The van der Waals surface area contributed by atoms with E-state index in [0.717, 1.165) is 25.3 Å². The van der Waals surface area contributed by atoms with Gasteiger partial charge in [0.25, 0.3) is 0 Å². The van der Waals surface area contributed by atoms with Crippen LogP contribution in [-0.2, 0) is 13.6 Å². The Morgan fingerprint density at radius 3 is 2.47 bits per heavy atom. The van der Waals surface area contributed by atoms with E-state index >= 15 is 0 Å². The highest BCUT2D eigenvalue weighted by molar-refractivity contribution is 5.66. The molecule has 0 fully saturated rings. The third-order valence-electron chi connectivity index (χ3n) is 3.50. The van der Waals surface area contributed by atoms with Gasteiger partial charge in [0.1, 0.15) is 5.82 Å². The fourth-order valence-corrected chi connectivity index (χ4v) is 2.21. The van der Waals surface area contributed by atoms with Crippen molar-refractivity contribution in [3.8, 4) is 11.3 Å². The molecule has 19 heavy (non-hydrogen) atoms. The first-order chi connectivity index (χ1) is 9.15. The van der Waals surface area contributed by atoms with Crippen LogP contribution in [0.4, 0.5) is 5.82 Å². The second-order valence-corrected chi connectivity index (χ2v) is 4.70. The summed E-state index contributed by atoms with van der Waals surface area (Å²) >= 11 is 0. The van der Waals surface area contributed by atoms with Crippen molar-refractivity contribution in [2.75, 3.05) is 18.8 Å². The Morgan fingerprint density at radius 2 is 1.89 bits per heavy atom. The molecule has 0 unspecified atom stereocenters. The average Bonchev–Trinajstić information content (AvgIpc) is 2.76. The van der Waals surface area contributed by atoms with Gasteiger partial charge in [-0.3, -0.25) is 9.58 Å². The summed E-state index contributed by atoms with van der Waals surface area (Å²) in [7, 11) is 1.87. The van der Waals surface area contributed by atoms with Gasteiger partial charge in [-0.15, -0.1) is 0 Å². The van der Waals surface area contributed by atoms with Crippen molar-refractivity contribution in [1.82, 2.24) is 14.7 Å². The smallest absolute Gasteiger partial charge is 0.121 e. The molecule has 1 heterocycles. The van der Waals surface area contributed by atoms with Crippen LogP contribution in [0.5, 0.6) is 0 Å². The zero-order valence-electron chi connectivity index (χ0n) is 11.9. The quantitative estimate of drug-likeness (QED) is 0.896. The van der Waals surface area contributed by atoms with Crippen molar-refractivity contribution in [2.24, 2.45) is 7.05 Å². The number of anilines is 1. The molecule has 0 saturated carbocycles. The van der Waals surface area contributed by atoms with Gasteiger partial charge in [0.15, 0.2) is 0 Å². The van der Waals surface area contributed by atoms with E-state index in [2.05, 4.69) is 42.0 Å². The molecule has 1 aromatic carbocycles. The summed E-state index contributed by atoms with van der Waals surface area (Å²) in [5, 5.41) is 4.47. The van der Waals surface area contributed by atoms with Crippen LogP contribution in [0.1, 0.15) is 19.4 Å². The van der Waals surface area contributed by atoms with Crippen LogP contribution in [0.25, 0.3) is 11.3 Å². The van der Waals surface area contributed by atoms with Crippen LogP contribution in [-0.4, -0.2) is 27.8 Å². The number of hydrogen-bond acceptors (Lipinski definition) is 3. The molecule has 2 aromatic rings. The first kappa shape index (κ1) is 13.6. The molecule has 0 aliphatic heterocycles. The van der Waals surface area contributed by atoms with Crippen LogP contribution in [0, 0.1) is 0 Å². The van der Waals surface area contributed by atoms with Crippen molar-refractivity contribution >= 4 is 5.82 Å². The first-order valence-corrected chi connectivity index (χ1v) is 6.75. The molecule has 0 aliphatic carbocycles. The van der Waals surface area contributed by atoms with Gasteiger partial charge in [-0.2, -0.15) is 5.10 Å². The number of hydrogen-bond donors (Lipinski definition) is 1. The predicted octanol–water partition coefficient (Wildman–Crippen LogP) is 2.51. The maximum Gasteiger partial charge on any atom is 0.121 e. The third kappa shape index (κ3) is 2.96. The summed E-state index contributed by atoms with van der Waals surface area (Å²) in [6, 6.07) is 10.3. The highest BCUT2D eigenvalue weighted by Crippen LogP contribution is 2.24. The second kappa shape index (κ2) is 5.89. The van der Waals surface area contributed by atoms with Crippen LogP contribution in [0.3, 0.4) is 0 Å². The number of aromatic nitrogens is 2. The van der Waals surface area contributed by atoms with Gasteiger partial charge in [0, 0.05) is 25.2 Å². The molecule has 102 valence electrons. The van der Waals surface area contributed by atoms with E-state index in [-0.39, 0.29) is 0 Å². The van der Waals surface area contributed by atoms with Gasteiger partial charge in [-0.25, -0.2) is 0 Å². The zero-order chi connectivity index (χ0) is 13.8. The standard InChI is InChI=1S/C15H22N4/c1-4-19(5-2)11-12-8-6-7-9-13(12)14-10-15(16)18(3)17-14/h6-10H,4-5,11,16H2,1-3H3. The van der Waals surface area contributed by atoms with Crippen LogP contribution in [0.2, 0.25) is 0 Å². The Bertz CT molecular complexity index is 521. The van der Waals surface area contributed by atoms with E-state index in [9.17, 15) is 0 Å². The van der Waals surface area contributed by atoms with Gasteiger partial charge in [-0.1, -0.05) is 38.1 Å². The first-order valence-electron chi connectivity index (χ1n) is 6.75. The highest BCUT2D eigenvalue weighted by atomic mass is 15.3. The number of rotatable bonds is 5. The van der Waals surface area contributed by atoms with Gasteiger partial charge in [0.2, 0.25) is 0 Å². The molecule has 4 heteroatoms. The van der Waals surface area contributed by atoms with E-state index in [1.54, 1.807) is 4.68 Å². The lowest BCUT2D eigenvalue weighted by atomic mass is 10.0. The molecule has 2 rings (SSSR count). The van der Waals surface area contributed by atoms with Gasteiger partial charge >= 0.3 is 0 Å². The Morgan fingerprint density at radius 1 is 1.21 bits per heavy atom. The van der Waals surface area contributed by atoms with Crippen molar-refractivity contribution in [3.05, 3.63) is 35.9 Å². The molecule has 2 N–H and O–H groups in total. The molecule has 1 aromatic heterocycles. The largest absolute Gasteiger partial charge is 0.384 e. The summed E-state index contributed by atoms with van der Waals surface area (Å²) in [5.74, 6) is 0.688. The summed E-state index contributed by atoms with van der Waals surface area (Å²) in [6.45, 7) is 7.42. The lowest BCUT2D eigenvalue weighted by molar-refractivity contribution is 0.296. The number of nitrogen functional groups attached to an aromatic ring is 1. The summed E-state index contributed by atoms with van der Waals surface area (Å²) < 4.78 is 1.71. The van der Waals surface area contributed by atoms with Crippen LogP contribution in [0.15, 0.2) is 30.3 Å². The lowest BCUT2D eigenvalue weighted by Crippen LogP contribution is -2.22. The maximum absolute atomic E-state index is 5.87. The van der Waals surface area contributed by atoms with E-state index < -0.39 is 0 Å². The Labute approximate surface area is 114 Å². The molecule has 0 spiro atoms. The minimum absolute atomic E-state index is 0.688. The Kier molecular flexibility index (Phi) is 4.22. The summed E-state index contributed by atoms with van der Waals surface area (Å²) in [4.78, 5) is 2.39. The minimum Gasteiger partial charge on any atom is -0.384 e. The highest BCUT2D eigenvalue weighted by Gasteiger charge is 2.11. The molecule has 0 bridgehead atoms. The number of nitrogens with two attached hydrogens (primary N) is 1. The Balaban J connectivity index is 2.35. The van der Waals surface area contributed by atoms with E-state index in [4.69, 9.17) is 5.73 Å². The maximum atomic E-state index is 5.87. The monoisotopic (exact) mass is 258 g/mol. The molecular formula is C15H22N4. The van der Waals surface area contributed by atoms with Crippen molar-refractivity contribution < 1.29 is 0 Å². The van der Waals surface area contributed by atoms with Gasteiger partial charge in [-0.05, 0) is 18.7 Å². The van der Waals surface area contributed by atoms with Crippen LogP contribution < -0.4 is 5.73 Å². The summed E-state index contributed by atoms with van der Waals surface area (Å²) in [5.41, 5.74) is 9.28. The Hall–Kier alpha value is -1.81. The zero-order valence-corrected chi connectivity index (χ0v) is 11.9. The minimum atomic E-state index is 0.688. The molecule has 4 nitrogen and oxygen atoms in total. The number of nitrogens with zero attached hydrogens (tertiary/aromatic N) is 3. The average molecular weight is 258 g/mol. The van der Waals surface area contributed by atoms with Crippen LogP contribution >= 0.6 is 0 Å². The molecule has 0 radical (unpaired) electrons. The normalized spacial score (nSPS) is 11.2. The molecule has 0 saturated heterocycles. The number of aryl methyl sites for hydroxylation is 1.